The van der Waals surface area contributed by atoms with Gasteiger partial charge in [-0.1, -0.05) is 29.8 Å². The minimum atomic E-state index is -0.123. The standard InChI is InChI=1S/C16H15ClINO2/c1-2-21-15-6-4-3-5-11(15)10-19-16(20)13-8-7-12(17)9-14(13)18/h3-9H,2,10H2,1H3,(H,19,20). The van der Waals surface area contributed by atoms with E-state index in [9.17, 15) is 4.79 Å². The van der Waals surface area contributed by atoms with Crippen LogP contribution in [0.1, 0.15) is 22.8 Å². The zero-order chi connectivity index (χ0) is 15.2. The molecule has 0 bridgehead atoms. The second-order valence-electron chi connectivity index (χ2n) is 4.35. The van der Waals surface area contributed by atoms with Crippen molar-refractivity contribution in [3.05, 3.63) is 62.2 Å². The maximum atomic E-state index is 12.2. The van der Waals surface area contributed by atoms with Crippen LogP contribution < -0.4 is 10.1 Å². The topological polar surface area (TPSA) is 38.3 Å². The molecule has 0 heterocycles. The van der Waals surface area contributed by atoms with Crippen molar-refractivity contribution in [3.8, 4) is 5.75 Å². The second kappa shape index (κ2) is 7.66. The smallest absolute Gasteiger partial charge is 0.252 e. The Morgan fingerprint density at radius 2 is 2.05 bits per heavy atom. The molecule has 0 atom stereocenters. The molecule has 0 saturated heterocycles. The summed E-state index contributed by atoms with van der Waals surface area (Å²) in [5.41, 5.74) is 1.57. The van der Waals surface area contributed by atoms with Crippen LogP contribution in [0.3, 0.4) is 0 Å². The number of para-hydroxylation sites is 1. The molecular formula is C16H15ClINO2. The first kappa shape index (κ1) is 16.1. The van der Waals surface area contributed by atoms with Gasteiger partial charge >= 0.3 is 0 Å². The predicted molar refractivity (Wildman–Crippen MR) is 93.0 cm³/mol. The molecule has 0 radical (unpaired) electrons. The first-order valence-electron chi connectivity index (χ1n) is 6.55. The molecule has 0 unspecified atom stereocenters. The Kier molecular flexibility index (Phi) is 5.87. The average Bonchev–Trinajstić information content (AvgIpc) is 2.46. The number of benzene rings is 2. The van der Waals surface area contributed by atoms with Crippen molar-refractivity contribution in [1.29, 1.82) is 0 Å². The van der Waals surface area contributed by atoms with Crippen LogP contribution in [-0.2, 0) is 6.54 Å². The van der Waals surface area contributed by atoms with E-state index in [1.165, 1.54) is 0 Å². The number of rotatable bonds is 5. The van der Waals surface area contributed by atoms with Crippen LogP contribution in [0.2, 0.25) is 5.02 Å². The van der Waals surface area contributed by atoms with Crippen molar-refractivity contribution in [1.82, 2.24) is 5.32 Å². The van der Waals surface area contributed by atoms with Gasteiger partial charge in [0.2, 0.25) is 0 Å². The van der Waals surface area contributed by atoms with E-state index in [1.807, 2.05) is 31.2 Å². The number of ether oxygens (including phenoxy) is 1. The lowest BCUT2D eigenvalue weighted by atomic mass is 10.1. The first-order valence-corrected chi connectivity index (χ1v) is 8.01. The Hall–Kier alpha value is -1.27. The highest BCUT2D eigenvalue weighted by Gasteiger charge is 2.11. The summed E-state index contributed by atoms with van der Waals surface area (Å²) in [7, 11) is 0. The van der Waals surface area contributed by atoms with Crippen LogP contribution in [0.15, 0.2) is 42.5 Å². The molecule has 0 spiro atoms. The van der Waals surface area contributed by atoms with Gasteiger partial charge in [-0.3, -0.25) is 4.79 Å². The molecule has 1 N–H and O–H groups in total. The van der Waals surface area contributed by atoms with Gasteiger partial charge in [0.1, 0.15) is 5.75 Å². The molecule has 0 saturated carbocycles. The normalized spacial score (nSPS) is 10.2. The third-order valence-corrected chi connectivity index (χ3v) is 4.02. The van der Waals surface area contributed by atoms with E-state index in [-0.39, 0.29) is 5.91 Å². The van der Waals surface area contributed by atoms with Gasteiger partial charge in [-0.05, 0) is 53.8 Å². The number of hydrogen-bond donors (Lipinski definition) is 1. The van der Waals surface area contributed by atoms with Gasteiger partial charge in [0, 0.05) is 20.7 Å². The fourth-order valence-corrected chi connectivity index (χ4v) is 3.01. The minimum Gasteiger partial charge on any atom is -0.494 e. The fraction of sp³-hybridized carbons (Fsp3) is 0.188. The van der Waals surface area contributed by atoms with Gasteiger partial charge in [-0.2, -0.15) is 0 Å². The Labute approximate surface area is 142 Å². The van der Waals surface area contributed by atoms with E-state index < -0.39 is 0 Å². The van der Waals surface area contributed by atoms with Gasteiger partial charge in [-0.15, -0.1) is 0 Å². The highest BCUT2D eigenvalue weighted by molar-refractivity contribution is 14.1. The van der Waals surface area contributed by atoms with Crippen molar-refractivity contribution in [2.45, 2.75) is 13.5 Å². The van der Waals surface area contributed by atoms with E-state index in [4.69, 9.17) is 16.3 Å². The van der Waals surface area contributed by atoms with Crippen LogP contribution >= 0.6 is 34.2 Å². The Bertz CT molecular complexity index is 646. The van der Waals surface area contributed by atoms with Crippen molar-refractivity contribution in [3.63, 3.8) is 0 Å². The molecule has 0 aromatic heterocycles. The Morgan fingerprint density at radius 1 is 1.29 bits per heavy atom. The second-order valence-corrected chi connectivity index (χ2v) is 5.95. The summed E-state index contributed by atoms with van der Waals surface area (Å²) in [6.07, 6.45) is 0. The van der Waals surface area contributed by atoms with Gasteiger partial charge in [0.05, 0.1) is 12.2 Å². The molecule has 0 aliphatic carbocycles. The molecule has 0 aliphatic heterocycles. The number of carbonyl (C=O) groups excluding carboxylic acids is 1. The summed E-state index contributed by atoms with van der Waals surface area (Å²) < 4.78 is 6.37. The molecule has 2 aromatic carbocycles. The molecule has 2 aromatic rings. The van der Waals surface area contributed by atoms with Crippen LogP contribution in [0.25, 0.3) is 0 Å². The van der Waals surface area contributed by atoms with Gasteiger partial charge in [0.15, 0.2) is 0 Å². The maximum Gasteiger partial charge on any atom is 0.252 e. The van der Waals surface area contributed by atoms with Crippen LogP contribution in [0.5, 0.6) is 5.75 Å². The molecule has 5 heteroatoms. The van der Waals surface area contributed by atoms with E-state index in [1.54, 1.807) is 18.2 Å². The van der Waals surface area contributed by atoms with Crippen LogP contribution in [-0.4, -0.2) is 12.5 Å². The Morgan fingerprint density at radius 3 is 2.76 bits per heavy atom. The molecule has 2 rings (SSSR count). The first-order chi connectivity index (χ1) is 10.1. The zero-order valence-electron chi connectivity index (χ0n) is 11.5. The molecular weight excluding hydrogens is 401 g/mol. The lowest BCUT2D eigenvalue weighted by Crippen LogP contribution is -2.24. The molecule has 0 aliphatic rings. The quantitative estimate of drug-likeness (QED) is 0.741. The summed E-state index contributed by atoms with van der Waals surface area (Å²) in [6.45, 7) is 2.96. The highest BCUT2D eigenvalue weighted by atomic mass is 127. The predicted octanol–water partition coefficient (Wildman–Crippen LogP) is 4.27. The number of amides is 1. The third kappa shape index (κ3) is 4.35. The summed E-state index contributed by atoms with van der Waals surface area (Å²) in [5.74, 6) is 0.675. The summed E-state index contributed by atoms with van der Waals surface area (Å²) in [6, 6.07) is 12.9. The lowest BCUT2D eigenvalue weighted by molar-refractivity contribution is 0.0950. The summed E-state index contributed by atoms with van der Waals surface area (Å²) in [4.78, 5) is 12.2. The van der Waals surface area contributed by atoms with Gasteiger partial charge in [-0.25, -0.2) is 0 Å². The fourth-order valence-electron chi connectivity index (χ4n) is 1.89. The maximum absolute atomic E-state index is 12.2. The average molecular weight is 416 g/mol. The lowest BCUT2D eigenvalue weighted by Gasteiger charge is -2.11. The largest absolute Gasteiger partial charge is 0.494 e. The number of hydrogen-bond acceptors (Lipinski definition) is 2. The number of carbonyl (C=O) groups is 1. The van der Waals surface area contributed by atoms with Crippen molar-refractivity contribution in [2.24, 2.45) is 0 Å². The third-order valence-electron chi connectivity index (χ3n) is 2.89. The molecule has 1 amide bonds. The number of halogens is 2. The van der Waals surface area contributed by atoms with Crippen molar-refractivity contribution < 1.29 is 9.53 Å². The molecule has 110 valence electrons. The summed E-state index contributed by atoms with van der Waals surface area (Å²) >= 11 is 8.00. The van der Waals surface area contributed by atoms with Crippen molar-refractivity contribution in [2.75, 3.05) is 6.61 Å². The van der Waals surface area contributed by atoms with Crippen LogP contribution in [0, 0.1) is 3.57 Å². The van der Waals surface area contributed by atoms with Crippen LogP contribution in [0.4, 0.5) is 0 Å². The van der Waals surface area contributed by atoms with E-state index in [0.717, 1.165) is 14.9 Å². The van der Waals surface area contributed by atoms with E-state index in [2.05, 4.69) is 27.9 Å². The van der Waals surface area contributed by atoms with Crippen molar-refractivity contribution >= 4 is 40.1 Å². The molecule has 3 nitrogen and oxygen atoms in total. The Balaban J connectivity index is 2.07. The zero-order valence-corrected chi connectivity index (χ0v) is 14.4. The molecule has 0 fully saturated rings. The molecule has 21 heavy (non-hydrogen) atoms. The number of nitrogens with one attached hydrogen (secondary N) is 1. The SMILES string of the molecule is CCOc1ccccc1CNC(=O)c1ccc(Cl)cc1I. The van der Waals surface area contributed by atoms with Gasteiger partial charge in [0.25, 0.3) is 5.91 Å². The van der Waals surface area contributed by atoms with E-state index >= 15 is 0 Å². The van der Waals surface area contributed by atoms with Gasteiger partial charge < -0.3 is 10.1 Å². The van der Waals surface area contributed by atoms with E-state index in [0.29, 0.717) is 23.7 Å². The highest BCUT2D eigenvalue weighted by Crippen LogP contribution is 2.20. The summed E-state index contributed by atoms with van der Waals surface area (Å²) in [5, 5.41) is 3.53. The minimum absolute atomic E-state index is 0.123. The monoisotopic (exact) mass is 415 g/mol.